The fourth-order valence-corrected chi connectivity index (χ4v) is 10.5. The number of carbonyl (C=O) groups is 3. The minimum absolute atomic E-state index is 0.0211. The third-order valence-corrected chi connectivity index (χ3v) is 11.9. The van der Waals surface area contributed by atoms with Gasteiger partial charge in [-0.3, -0.25) is 14.4 Å². The van der Waals surface area contributed by atoms with Crippen molar-refractivity contribution in [2.45, 2.75) is 91.7 Å². The molecule has 3 saturated heterocycles. The van der Waals surface area contributed by atoms with E-state index in [1.165, 1.54) is 11.8 Å². The second-order valence-corrected chi connectivity index (χ2v) is 13.2. The first-order chi connectivity index (χ1) is 16.2. The van der Waals surface area contributed by atoms with E-state index in [1.807, 2.05) is 18.7 Å². The van der Waals surface area contributed by atoms with Gasteiger partial charge < -0.3 is 20.0 Å². The summed E-state index contributed by atoms with van der Waals surface area (Å²) in [6, 6.07) is -1.20. The van der Waals surface area contributed by atoms with Crippen LogP contribution in [0.25, 0.3) is 0 Å². The average molecular weight is 558 g/mol. The minimum Gasteiger partial charge on any atom is -0.481 e. The topological polar surface area (TPSA) is 98.2 Å². The van der Waals surface area contributed by atoms with Gasteiger partial charge in [0.1, 0.15) is 6.04 Å². The van der Waals surface area contributed by atoms with Gasteiger partial charge in [0, 0.05) is 22.7 Å². The molecule has 4 rings (SSSR count). The van der Waals surface area contributed by atoms with Crippen LogP contribution in [0.2, 0.25) is 0 Å². The Labute approximate surface area is 214 Å². The van der Waals surface area contributed by atoms with Gasteiger partial charge in [0.15, 0.2) is 0 Å². The molecule has 7 nitrogen and oxygen atoms in total. The Balaban J connectivity index is 1.81. The van der Waals surface area contributed by atoms with E-state index < -0.39 is 34.6 Å². The summed E-state index contributed by atoms with van der Waals surface area (Å²) in [5.74, 6) is -2.97. The molecule has 4 fully saturated rings. The number of hydrogen-bond donors (Lipinski definition) is 2. The first-order valence-electron chi connectivity index (χ1n) is 12.6. The molecule has 0 aromatic heterocycles. The van der Waals surface area contributed by atoms with Crippen LogP contribution in [0.15, 0.2) is 12.7 Å². The van der Waals surface area contributed by atoms with Crippen molar-refractivity contribution in [3.63, 3.8) is 0 Å². The van der Waals surface area contributed by atoms with Crippen molar-refractivity contribution < 1.29 is 24.6 Å². The zero-order valence-corrected chi connectivity index (χ0v) is 22.5. The maximum Gasteiger partial charge on any atom is 0.308 e. The number of aliphatic carboxylic acids is 1. The lowest BCUT2D eigenvalue weighted by atomic mass is 9.71. The third kappa shape index (κ3) is 3.94. The molecule has 2 amide bonds. The van der Waals surface area contributed by atoms with Crippen LogP contribution in [0.4, 0.5) is 0 Å². The number of carboxylic acid groups (broad SMARTS) is 1. The third-order valence-electron chi connectivity index (χ3n) is 8.72. The molecule has 2 N–H and O–H groups in total. The van der Waals surface area contributed by atoms with Crippen LogP contribution in [0.1, 0.15) is 58.8 Å². The van der Waals surface area contributed by atoms with Crippen LogP contribution in [0.5, 0.6) is 0 Å². The highest BCUT2D eigenvalue weighted by atomic mass is 79.9. The molecule has 1 spiro atoms. The zero-order valence-electron chi connectivity index (χ0n) is 20.1. The van der Waals surface area contributed by atoms with E-state index in [0.29, 0.717) is 13.0 Å². The lowest BCUT2D eigenvalue weighted by Gasteiger charge is -2.43. The standard InChI is InChI=1S/C25H37BrN2O5S/c1-4-11-27(15-9-7-6-8-10-15)23(31)21-25-12-16(26)20(34-25)18(24(32)33)19(25)22(30)28(21)17(13-29)14(3)5-2/h4,14-21,29H,1,5-13H2,2-3H3,(H,32,33)/t14-,16?,17-,18+,19-,20+,21?,25?/m0/s1. The van der Waals surface area contributed by atoms with Crippen LogP contribution in [0.3, 0.4) is 0 Å². The van der Waals surface area contributed by atoms with Gasteiger partial charge in [-0.1, -0.05) is 61.5 Å². The van der Waals surface area contributed by atoms with Crippen molar-refractivity contribution in [2.24, 2.45) is 17.8 Å². The number of carboxylic acids is 1. The van der Waals surface area contributed by atoms with Gasteiger partial charge in [-0.15, -0.1) is 18.3 Å². The van der Waals surface area contributed by atoms with E-state index >= 15 is 0 Å². The zero-order chi connectivity index (χ0) is 24.8. The van der Waals surface area contributed by atoms with Crippen LogP contribution in [0, 0.1) is 17.8 Å². The number of nitrogens with zero attached hydrogens (tertiary/aromatic N) is 2. The van der Waals surface area contributed by atoms with E-state index in [2.05, 4.69) is 22.5 Å². The molecule has 3 aliphatic heterocycles. The molecule has 2 bridgehead atoms. The monoisotopic (exact) mass is 556 g/mol. The molecular formula is C25H37BrN2O5S. The molecule has 3 unspecified atom stereocenters. The van der Waals surface area contributed by atoms with E-state index in [4.69, 9.17) is 0 Å². The predicted molar refractivity (Wildman–Crippen MR) is 136 cm³/mol. The Bertz CT molecular complexity index is 836. The summed E-state index contributed by atoms with van der Waals surface area (Å²) in [6.45, 7) is 8.03. The van der Waals surface area contributed by atoms with Gasteiger partial charge >= 0.3 is 5.97 Å². The lowest BCUT2D eigenvalue weighted by Crippen LogP contribution is -2.60. The van der Waals surface area contributed by atoms with Crippen molar-refractivity contribution in [1.29, 1.82) is 0 Å². The number of amides is 2. The van der Waals surface area contributed by atoms with Gasteiger partial charge in [0.25, 0.3) is 0 Å². The highest BCUT2D eigenvalue weighted by Gasteiger charge is 2.76. The maximum atomic E-state index is 14.5. The number of hydrogen-bond acceptors (Lipinski definition) is 5. The van der Waals surface area contributed by atoms with Crippen molar-refractivity contribution in [3.05, 3.63) is 12.7 Å². The predicted octanol–water partition coefficient (Wildman–Crippen LogP) is 3.29. The van der Waals surface area contributed by atoms with Crippen LogP contribution >= 0.6 is 27.7 Å². The van der Waals surface area contributed by atoms with Crippen molar-refractivity contribution in [1.82, 2.24) is 9.80 Å². The number of thioether (sulfide) groups is 1. The largest absolute Gasteiger partial charge is 0.481 e. The highest BCUT2D eigenvalue weighted by molar-refractivity contribution is 9.09. The molecule has 4 aliphatic rings. The molecule has 3 heterocycles. The molecule has 190 valence electrons. The van der Waals surface area contributed by atoms with Crippen molar-refractivity contribution >= 4 is 45.5 Å². The summed E-state index contributed by atoms with van der Waals surface area (Å²) in [7, 11) is 0. The normalized spacial score (nSPS) is 36.9. The van der Waals surface area contributed by atoms with Crippen molar-refractivity contribution in [2.75, 3.05) is 13.2 Å². The SMILES string of the molecule is C=CCN(C(=O)C1N([C@@H](CO)[C@@H](C)CC)C(=O)[C@@H]2[C@@H](C(=O)O)[C@@H]3SC12CC3Br)C1CCCCC1. The molecule has 8 atom stereocenters. The Morgan fingerprint density at radius 3 is 2.59 bits per heavy atom. The highest BCUT2D eigenvalue weighted by Crippen LogP contribution is 2.68. The summed E-state index contributed by atoms with van der Waals surface area (Å²) in [4.78, 5) is 44.3. The van der Waals surface area contributed by atoms with E-state index in [-0.39, 0.29) is 40.5 Å². The summed E-state index contributed by atoms with van der Waals surface area (Å²) >= 11 is 5.21. The second kappa shape index (κ2) is 10.1. The summed E-state index contributed by atoms with van der Waals surface area (Å²) in [5.41, 5.74) is 0. The fraction of sp³-hybridized carbons (Fsp3) is 0.800. The molecule has 1 saturated carbocycles. The number of rotatable bonds is 9. The molecule has 1 aliphatic carbocycles. The second-order valence-electron chi connectivity index (χ2n) is 10.5. The smallest absolute Gasteiger partial charge is 0.308 e. The van der Waals surface area contributed by atoms with Gasteiger partial charge in [-0.25, -0.2) is 0 Å². The average Bonchev–Trinajstić information content (AvgIpc) is 3.42. The number of likely N-dealkylation sites (tertiary alicyclic amines) is 1. The molecular weight excluding hydrogens is 520 g/mol. The maximum absolute atomic E-state index is 14.5. The van der Waals surface area contributed by atoms with E-state index in [9.17, 15) is 24.6 Å². The number of carbonyl (C=O) groups excluding carboxylic acids is 2. The Kier molecular flexibility index (Phi) is 7.75. The Morgan fingerprint density at radius 2 is 2.03 bits per heavy atom. The van der Waals surface area contributed by atoms with Crippen LogP contribution in [-0.2, 0) is 14.4 Å². The van der Waals surface area contributed by atoms with Gasteiger partial charge in [0.2, 0.25) is 11.8 Å². The lowest BCUT2D eigenvalue weighted by molar-refractivity contribution is -0.150. The summed E-state index contributed by atoms with van der Waals surface area (Å²) in [5, 5.41) is 20.2. The van der Waals surface area contributed by atoms with Crippen LogP contribution in [-0.4, -0.2) is 83.9 Å². The van der Waals surface area contributed by atoms with Crippen molar-refractivity contribution in [3.8, 4) is 0 Å². The first-order valence-corrected chi connectivity index (χ1v) is 14.4. The number of aliphatic hydroxyl groups excluding tert-OH is 1. The Morgan fingerprint density at radius 1 is 1.35 bits per heavy atom. The fourth-order valence-electron chi connectivity index (χ4n) is 6.91. The minimum atomic E-state index is -0.978. The number of aliphatic hydroxyl groups is 1. The number of fused-ring (bicyclic) bond motifs is 1. The summed E-state index contributed by atoms with van der Waals surface area (Å²) in [6.07, 6.45) is 8.22. The molecule has 34 heavy (non-hydrogen) atoms. The summed E-state index contributed by atoms with van der Waals surface area (Å²) < 4.78 is -0.801. The number of alkyl halides is 1. The molecule has 0 aromatic carbocycles. The molecule has 0 radical (unpaired) electrons. The molecule has 0 aromatic rings. The van der Waals surface area contributed by atoms with Gasteiger partial charge in [-0.05, 0) is 25.2 Å². The molecule has 9 heteroatoms. The van der Waals surface area contributed by atoms with Gasteiger partial charge in [-0.2, -0.15) is 0 Å². The quantitative estimate of drug-likeness (QED) is 0.334. The van der Waals surface area contributed by atoms with Crippen LogP contribution < -0.4 is 0 Å². The first kappa shape index (κ1) is 26.0. The van der Waals surface area contributed by atoms with E-state index in [0.717, 1.165) is 38.5 Å². The van der Waals surface area contributed by atoms with Gasteiger partial charge in [0.05, 0.1) is 29.2 Å². The number of halogens is 1. The Hall–Kier alpha value is -1.06. The van der Waals surface area contributed by atoms with E-state index in [1.54, 1.807) is 11.0 Å².